The van der Waals surface area contributed by atoms with Crippen LogP contribution in [0.4, 0.5) is 21.6 Å². The van der Waals surface area contributed by atoms with Gasteiger partial charge in [-0.25, -0.2) is 9.37 Å². The minimum atomic E-state index is -0.277. The van der Waals surface area contributed by atoms with Crippen LogP contribution in [0, 0.1) is 19.7 Å². The summed E-state index contributed by atoms with van der Waals surface area (Å²) >= 11 is 3.43. The highest BCUT2D eigenvalue weighted by molar-refractivity contribution is 9.10. The predicted octanol–water partition coefficient (Wildman–Crippen LogP) is 3.93. The van der Waals surface area contributed by atoms with Gasteiger partial charge in [-0.05, 0) is 59.1 Å². The van der Waals surface area contributed by atoms with Crippen molar-refractivity contribution in [1.29, 1.82) is 0 Å². The summed E-state index contributed by atoms with van der Waals surface area (Å²) in [4.78, 5) is 4.19. The number of nitrogens with one attached hydrogen (secondary N) is 1. The molecule has 3 N–H and O–H groups in total. The smallest absolute Gasteiger partial charge is 0.145 e. The maximum absolute atomic E-state index is 13.3. The van der Waals surface area contributed by atoms with Crippen molar-refractivity contribution in [2.75, 3.05) is 11.1 Å². The summed E-state index contributed by atoms with van der Waals surface area (Å²) in [6.45, 7) is 3.73. The number of hydrogen-bond donors (Lipinski definition) is 2. The van der Waals surface area contributed by atoms with E-state index in [0.717, 1.165) is 15.6 Å². The molecule has 3 nitrogen and oxygen atoms in total. The third-order valence-corrected chi connectivity index (χ3v) is 3.58. The Morgan fingerprint density at radius 3 is 2.67 bits per heavy atom. The lowest BCUT2D eigenvalue weighted by Gasteiger charge is -2.11. The average molecular weight is 310 g/mol. The van der Waals surface area contributed by atoms with E-state index in [-0.39, 0.29) is 5.82 Å². The van der Waals surface area contributed by atoms with E-state index >= 15 is 0 Å². The number of nitrogens with two attached hydrogens (primary N) is 1. The van der Waals surface area contributed by atoms with E-state index < -0.39 is 0 Å². The summed E-state index contributed by atoms with van der Waals surface area (Å²) in [5.41, 5.74) is 8.77. The third-order valence-electron chi connectivity index (χ3n) is 2.61. The number of anilines is 3. The molecule has 0 saturated heterocycles. The van der Waals surface area contributed by atoms with E-state index in [1.807, 2.05) is 19.9 Å². The minimum Gasteiger partial charge on any atom is -0.397 e. The maximum Gasteiger partial charge on any atom is 0.145 e. The standard InChI is InChI=1S/C13H13BrFN3/c1-7-3-9(15)5-10(4-7)18-13-12(14)8(2)11(16)6-17-13/h3-6H,16H2,1-2H3,(H,17,18). The highest BCUT2D eigenvalue weighted by atomic mass is 79.9. The molecule has 18 heavy (non-hydrogen) atoms. The first-order chi connectivity index (χ1) is 8.47. The van der Waals surface area contributed by atoms with Crippen LogP contribution in [0.15, 0.2) is 28.9 Å². The minimum absolute atomic E-state index is 0.277. The van der Waals surface area contributed by atoms with Gasteiger partial charge in [0.05, 0.1) is 16.4 Å². The normalized spacial score (nSPS) is 10.4. The molecule has 0 fully saturated rings. The first kappa shape index (κ1) is 12.8. The summed E-state index contributed by atoms with van der Waals surface area (Å²) in [7, 11) is 0. The zero-order valence-corrected chi connectivity index (χ0v) is 11.7. The fraction of sp³-hybridized carbons (Fsp3) is 0.154. The van der Waals surface area contributed by atoms with Gasteiger partial charge in [-0.2, -0.15) is 0 Å². The lowest BCUT2D eigenvalue weighted by Crippen LogP contribution is -2.00. The molecule has 0 saturated carbocycles. The number of pyridine rings is 1. The molecule has 94 valence electrons. The van der Waals surface area contributed by atoms with Crippen LogP contribution in [0.2, 0.25) is 0 Å². The second kappa shape index (κ2) is 4.94. The largest absolute Gasteiger partial charge is 0.397 e. The van der Waals surface area contributed by atoms with Crippen LogP contribution in [-0.4, -0.2) is 4.98 Å². The van der Waals surface area contributed by atoms with Gasteiger partial charge in [-0.1, -0.05) is 0 Å². The van der Waals surface area contributed by atoms with Gasteiger partial charge in [-0.3, -0.25) is 0 Å². The van der Waals surface area contributed by atoms with E-state index in [9.17, 15) is 4.39 Å². The van der Waals surface area contributed by atoms with Crippen LogP contribution in [-0.2, 0) is 0 Å². The molecule has 0 bridgehead atoms. The molecule has 2 aromatic rings. The van der Waals surface area contributed by atoms with Crippen LogP contribution < -0.4 is 11.1 Å². The predicted molar refractivity (Wildman–Crippen MR) is 75.5 cm³/mol. The molecular weight excluding hydrogens is 297 g/mol. The molecule has 1 aromatic heterocycles. The van der Waals surface area contributed by atoms with Crippen LogP contribution in [0.3, 0.4) is 0 Å². The molecule has 0 radical (unpaired) electrons. The van der Waals surface area contributed by atoms with Crippen molar-refractivity contribution in [2.45, 2.75) is 13.8 Å². The van der Waals surface area contributed by atoms with Crippen molar-refractivity contribution in [2.24, 2.45) is 0 Å². The number of halogens is 2. The van der Waals surface area contributed by atoms with Crippen molar-refractivity contribution >= 4 is 33.1 Å². The van der Waals surface area contributed by atoms with Gasteiger partial charge < -0.3 is 11.1 Å². The second-order valence-electron chi connectivity index (χ2n) is 4.14. The van der Waals surface area contributed by atoms with Gasteiger partial charge in [-0.15, -0.1) is 0 Å². The number of rotatable bonds is 2. The summed E-state index contributed by atoms with van der Waals surface area (Å²) in [6, 6.07) is 4.75. The Labute approximate surface area is 113 Å². The Hall–Kier alpha value is -1.62. The molecule has 0 aliphatic carbocycles. The quantitative estimate of drug-likeness (QED) is 0.884. The Morgan fingerprint density at radius 2 is 2.00 bits per heavy atom. The van der Waals surface area contributed by atoms with E-state index in [0.29, 0.717) is 17.2 Å². The van der Waals surface area contributed by atoms with Crippen molar-refractivity contribution in [3.8, 4) is 0 Å². The molecule has 1 heterocycles. The summed E-state index contributed by atoms with van der Waals surface area (Å²) < 4.78 is 14.1. The molecule has 5 heteroatoms. The molecule has 0 spiro atoms. The fourth-order valence-electron chi connectivity index (χ4n) is 1.62. The van der Waals surface area contributed by atoms with Gasteiger partial charge in [0.2, 0.25) is 0 Å². The van der Waals surface area contributed by atoms with Crippen molar-refractivity contribution in [3.05, 3.63) is 45.8 Å². The Kier molecular flexibility index (Phi) is 3.52. The molecule has 0 atom stereocenters. The number of nitrogen functional groups attached to an aromatic ring is 1. The lowest BCUT2D eigenvalue weighted by atomic mass is 10.2. The van der Waals surface area contributed by atoms with Crippen molar-refractivity contribution in [1.82, 2.24) is 4.98 Å². The topological polar surface area (TPSA) is 50.9 Å². The molecular formula is C13H13BrFN3. The van der Waals surface area contributed by atoms with Gasteiger partial charge in [0.1, 0.15) is 11.6 Å². The maximum atomic E-state index is 13.3. The molecule has 0 aliphatic rings. The van der Waals surface area contributed by atoms with Crippen LogP contribution in [0.1, 0.15) is 11.1 Å². The molecule has 0 amide bonds. The summed E-state index contributed by atoms with van der Waals surface area (Å²) in [6.07, 6.45) is 1.58. The van der Waals surface area contributed by atoms with E-state index in [2.05, 4.69) is 26.2 Å². The summed E-state index contributed by atoms with van der Waals surface area (Å²) in [5.74, 6) is 0.340. The summed E-state index contributed by atoms with van der Waals surface area (Å²) in [5, 5.41) is 3.07. The lowest BCUT2D eigenvalue weighted by molar-refractivity contribution is 0.627. The molecule has 0 aliphatic heterocycles. The first-order valence-corrected chi connectivity index (χ1v) is 6.21. The zero-order valence-electron chi connectivity index (χ0n) is 10.1. The van der Waals surface area contributed by atoms with E-state index in [4.69, 9.17) is 5.73 Å². The number of benzene rings is 1. The third kappa shape index (κ3) is 2.61. The Bertz CT molecular complexity index is 579. The molecule has 1 aromatic carbocycles. The van der Waals surface area contributed by atoms with Crippen LogP contribution >= 0.6 is 15.9 Å². The molecule has 0 unspecified atom stereocenters. The average Bonchev–Trinajstić information content (AvgIpc) is 2.29. The first-order valence-electron chi connectivity index (χ1n) is 5.42. The zero-order chi connectivity index (χ0) is 13.3. The number of nitrogens with zero attached hydrogens (tertiary/aromatic N) is 1. The number of hydrogen-bond acceptors (Lipinski definition) is 3. The van der Waals surface area contributed by atoms with E-state index in [1.54, 1.807) is 6.20 Å². The number of aromatic nitrogens is 1. The SMILES string of the molecule is Cc1cc(F)cc(Nc2ncc(N)c(C)c2Br)c1. The second-order valence-corrected chi connectivity index (χ2v) is 4.94. The van der Waals surface area contributed by atoms with Crippen molar-refractivity contribution < 1.29 is 4.39 Å². The van der Waals surface area contributed by atoms with Gasteiger partial charge in [0.15, 0.2) is 0 Å². The van der Waals surface area contributed by atoms with Gasteiger partial charge in [0.25, 0.3) is 0 Å². The Morgan fingerprint density at radius 1 is 1.28 bits per heavy atom. The number of aryl methyl sites for hydroxylation is 1. The highest BCUT2D eigenvalue weighted by Gasteiger charge is 2.08. The molecule has 2 rings (SSSR count). The fourth-order valence-corrected chi connectivity index (χ4v) is 2.05. The van der Waals surface area contributed by atoms with Crippen LogP contribution in [0.5, 0.6) is 0 Å². The van der Waals surface area contributed by atoms with E-state index in [1.165, 1.54) is 12.1 Å². The van der Waals surface area contributed by atoms with Crippen LogP contribution in [0.25, 0.3) is 0 Å². The van der Waals surface area contributed by atoms with Gasteiger partial charge in [0, 0.05) is 5.69 Å². The Balaban J connectivity index is 2.37. The van der Waals surface area contributed by atoms with Gasteiger partial charge >= 0.3 is 0 Å². The van der Waals surface area contributed by atoms with Crippen molar-refractivity contribution in [3.63, 3.8) is 0 Å². The highest BCUT2D eigenvalue weighted by Crippen LogP contribution is 2.30. The monoisotopic (exact) mass is 309 g/mol.